The maximum atomic E-state index is 14.1. The molecule has 0 saturated carbocycles. The van der Waals surface area contributed by atoms with E-state index in [9.17, 15) is 14.9 Å². The van der Waals surface area contributed by atoms with Crippen LogP contribution in [0.3, 0.4) is 0 Å². The summed E-state index contributed by atoms with van der Waals surface area (Å²) in [4.78, 5) is 29.6. The Balaban J connectivity index is 2.14. The fourth-order valence-corrected chi connectivity index (χ4v) is 5.44. The number of carbonyl (C=O) groups is 2. The van der Waals surface area contributed by atoms with Crippen molar-refractivity contribution in [1.82, 2.24) is 10.0 Å². The number of hydrogen-bond acceptors (Lipinski definition) is 6. The maximum absolute atomic E-state index is 14.1. The molecule has 0 saturated heterocycles. The number of amides is 1. The van der Waals surface area contributed by atoms with E-state index in [0.29, 0.717) is 36.2 Å². The van der Waals surface area contributed by atoms with Gasteiger partial charge in [-0.1, -0.05) is 39.0 Å². The van der Waals surface area contributed by atoms with Crippen molar-refractivity contribution >= 4 is 17.4 Å². The predicted molar refractivity (Wildman–Crippen MR) is 118 cm³/mol. The van der Waals surface area contributed by atoms with E-state index in [1.165, 1.54) is 0 Å². The second-order valence-corrected chi connectivity index (χ2v) is 9.52. The number of hydrogen-bond donors (Lipinski definition) is 1. The van der Waals surface area contributed by atoms with E-state index >= 15 is 0 Å². The van der Waals surface area contributed by atoms with Crippen LogP contribution in [0.1, 0.15) is 45.6 Å². The molecule has 3 aliphatic rings. The molecule has 1 atom stereocenters. The molecule has 2 N–H and O–H groups in total. The fraction of sp³-hybridized carbons (Fsp3) is 0.458. The molecule has 0 bridgehead atoms. The van der Waals surface area contributed by atoms with Crippen LogP contribution in [0.5, 0.6) is 0 Å². The third-order valence-corrected chi connectivity index (χ3v) is 6.47. The molecule has 1 aliphatic carbocycles. The zero-order chi connectivity index (χ0) is 22.7. The molecular weight excluding hydrogens is 390 g/mol. The molecule has 0 aromatic heterocycles. The van der Waals surface area contributed by atoms with Crippen molar-refractivity contribution in [2.24, 2.45) is 11.1 Å². The quantitative estimate of drug-likeness (QED) is 0.810. The van der Waals surface area contributed by atoms with Crippen LogP contribution in [0.4, 0.5) is 5.69 Å². The van der Waals surface area contributed by atoms with Gasteiger partial charge in [-0.15, -0.1) is 0 Å². The number of nitriles is 1. The van der Waals surface area contributed by atoms with Gasteiger partial charge in [0.25, 0.3) is 0 Å². The Morgan fingerprint density at radius 3 is 2.48 bits per heavy atom. The van der Waals surface area contributed by atoms with Crippen molar-refractivity contribution in [2.45, 2.75) is 45.4 Å². The first kappa shape index (κ1) is 21.1. The number of anilines is 1. The lowest BCUT2D eigenvalue weighted by molar-refractivity contribution is -0.125. The molecule has 2 heterocycles. The van der Waals surface area contributed by atoms with Crippen LogP contribution < -0.4 is 10.6 Å². The number of allylic oxidation sites excluding steroid dienone is 1. The highest BCUT2D eigenvalue weighted by Gasteiger charge is 2.63. The van der Waals surface area contributed by atoms with Gasteiger partial charge in [0.2, 0.25) is 5.91 Å². The third kappa shape index (κ3) is 2.68. The van der Waals surface area contributed by atoms with Gasteiger partial charge >= 0.3 is 0 Å². The van der Waals surface area contributed by atoms with Crippen molar-refractivity contribution < 1.29 is 9.59 Å². The van der Waals surface area contributed by atoms with Gasteiger partial charge in [0.1, 0.15) is 17.3 Å². The molecule has 1 aromatic rings. The molecule has 7 nitrogen and oxygen atoms in total. The molecule has 7 heteroatoms. The second kappa shape index (κ2) is 6.96. The average molecular weight is 420 g/mol. The molecular formula is C24H29N5O2. The van der Waals surface area contributed by atoms with Crippen LogP contribution in [0.25, 0.3) is 0 Å². The van der Waals surface area contributed by atoms with Gasteiger partial charge in [0.05, 0.1) is 5.57 Å². The molecule has 1 unspecified atom stereocenters. The van der Waals surface area contributed by atoms with Gasteiger partial charge in [0.15, 0.2) is 5.78 Å². The Kier molecular flexibility index (Phi) is 4.74. The number of nitrogens with zero attached hydrogens (tertiary/aromatic N) is 4. The molecule has 0 radical (unpaired) electrons. The molecule has 1 aromatic carbocycles. The van der Waals surface area contributed by atoms with E-state index in [2.05, 4.69) is 6.07 Å². The van der Waals surface area contributed by atoms with Crippen molar-refractivity contribution in [2.75, 3.05) is 25.5 Å². The van der Waals surface area contributed by atoms with Crippen LogP contribution in [0.2, 0.25) is 0 Å². The highest BCUT2D eigenvalue weighted by Crippen LogP contribution is 2.57. The van der Waals surface area contributed by atoms with Crippen LogP contribution in [0.15, 0.2) is 46.9 Å². The minimum atomic E-state index is -1.49. The minimum Gasteiger partial charge on any atom is -0.383 e. The number of Topliss-reactive ketones (excluding diaryl/α,β-unsaturated/α-hetero) is 1. The van der Waals surface area contributed by atoms with Gasteiger partial charge in [-0.05, 0) is 24.3 Å². The van der Waals surface area contributed by atoms with Crippen LogP contribution in [0, 0.1) is 16.7 Å². The summed E-state index contributed by atoms with van der Waals surface area (Å²) < 4.78 is 0. The topological polar surface area (TPSA) is 93.7 Å². The second-order valence-electron chi connectivity index (χ2n) is 9.52. The van der Waals surface area contributed by atoms with Crippen molar-refractivity contribution in [3.8, 4) is 6.07 Å². The summed E-state index contributed by atoms with van der Waals surface area (Å²) in [7, 11) is 3.65. The van der Waals surface area contributed by atoms with Gasteiger partial charge < -0.3 is 10.6 Å². The number of rotatable bonds is 3. The highest BCUT2D eigenvalue weighted by atomic mass is 16.2. The summed E-state index contributed by atoms with van der Waals surface area (Å²) in [5.74, 6) is -0.146. The van der Waals surface area contributed by atoms with Gasteiger partial charge in [0, 0.05) is 49.6 Å². The first-order valence-electron chi connectivity index (χ1n) is 10.7. The van der Waals surface area contributed by atoms with E-state index in [1.54, 1.807) is 14.9 Å². The predicted octanol–water partition coefficient (Wildman–Crippen LogP) is 2.81. The van der Waals surface area contributed by atoms with Crippen molar-refractivity contribution in [1.29, 1.82) is 5.26 Å². The Morgan fingerprint density at radius 1 is 1.19 bits per heavy atom. The van der Waals surface area contributed by atoms with E-state index < -0.39 is 5.41 Å². The van der Waals surface area contributed by atoms with Gasteiger partial charge in [-0.25, -0.2) is 5.01 Å². The lowest BCUT2D eigenvalue weighted by atomic mass is 9.61. The van der Waals surface area contributed by atoms with Crippen molar-refractivity contribution in [3.05, 3.63) is 52.5 Å². The summed E-state index contributed by atoms with van der Waals surface area (Å²) in [5, 5.41) is 13.8. The zero-order valence-electron chi connectivity index (χ0n) is 18.8. The molecule has 0 fully saturated rings. The smallest absolute Gasteiger partial charge is 0.247 e. The van der Waals surface area contributed by atoms with E-state index in [0.717, 1.165) is 12.1 Å². The Bertz CT molecular complexity index is 1090. The average Bonchev–Trinajstić information content (AvgIpc) is 2.91. The Labute approximate surface area is 183 Å². The number of nitrogens with two attached hydrogens (primary N) is 1. The van der Waals surface area contributed by atoms with E-state index in [4.69, 9.17) is 5.73 Å². The molecule has 1 spiro atoms. The largest absolute Gasteiger partial charge is 0.383 e. The third-order valence-electron chi connectivity index (χ3n) is 6.47. The van der Waals surface area contributed by atoms with Crippen LogP contribution in [-0.2, 0) is 15.0 Å². The summed E-state index contributed by atoms with van der Waals surface area (Å²) in [5.41, 5.74) is 7.50. The van der Waals surface area contributed by atoms with Crippen molar-refractivity contribution in [3.63, 3.8) is 0 Å². The SMILES string of the molecule is CCCN1C(=O)C2(C(C#N)=C(N)N(N(C)C)C3=C2C(=O)CC(C)(C)C3)c2ccccc21. The molecule has 2 aliphatic heterocycles. The Hall–Kier alpha value is -3.11. The van der Waals surface area contributed by atoms with Gasteiger partial charge in [-0.2, -0.15) is 5.26 Å². The van der Waals surface area contributed by atoms with Crippen LogP contribution in [-0.4, -0.2) is 42.3 Å². The van der Waals surface area contributed by atoms with E-state index in [1.807, 2.05) is 59.1 Å². The number of benzene rings is 1. The summed E-state index contributed by atoms with van der Waals surface area (Å²) in [6.07, 6.45) is 1.65. The Morgan fingerprint density at radius 2 is 1.87 bits per heavy atom. The number of ketones is 1. The standard InChI is InChI=1S/C24H29N5O2/c1-6-11-28-17-10-8-7-9-15(17)24(22(28)31)16(14-25)21(26)29(27(4)5)18-12-23(2,3)13-19(30)20(18)24/h7-10H,6,11-13,26H2,1-5H3. The first-order chi connectivity index (χ1) is 14.6. The minimum absolute atomic E-state index is 0.0974. The zero-order valence-corrected chi connectivity index (χ0v) is 18.8. The first-order valence-corrected chi connectivity index (χ1v) is 10.7. The van der Waals surface area contributed by atoms with Gasteiger partial charge in [-0.3, -0.25) is 14.6 Å². The fourth-order valence-electron chi connectivity index (χ4n) is 5.44. The number of carbonyl (C=O) groups excluding carboxylic acids is 2. The lowest BCUT2D eigenvalue weighted by Gasteiger charge is -2.48. The monoisotopic (exact) mass is 419 g/mol. The molecule has 4 rings (SSSR count). The number of para-hydroxylation sites is 1. The molecule has 162 valence electrons. The molecule has 1 amide bonds. The van der Waals surface area contributed by atoms with Crippen LogP contribution >= 0.6 is 0 Å². The number of fused-ring (bicyclic) bond motifs is 3. The summed E-state index contributed by atoms with van der Waals surface area (Å²) >= 11 is 0. The normalized spacial score (nSPS) is 24.8. The molecule has 31 heavy (non-hydrogen) atoms. The number of hydrazine groups is 1. The summed E-state index contributed by atoms with van der Waals surface area (Å²) in [6.45, 7) is 6.60. The lowest BCUT2D eigenvalue weighted by Crippen LogP contribution is -2.55. The van der Waals surface area contributed by atoms with E-state index in [-0.39, 0.29) is 28.5 Å². The summed E-state index contributed by atoms with van der Waals surface area (Å²) in [6, 6.07) is 9.71. The highest BCUT2D eigenvalue weighted by molar-refractivity contribution is 6.20. The maximum Gasteiger partial charge on any atom is 0.247 e.